The molecule has 0 aromatic carbocycles. The average molecular weight is 314 g/mol. The van der Waals surface area contributed by atoms with Crippen LogP contribution in [-0.4, -0.2) is 50.4 Å². The number of aromatic nitrogens is 4. The first-order valence-corrected chi connectivity index (χ1v) is 8.91. The molecule has 2 aliphatic rings. The Morgan fingerprint density at radius 1 is 1.04 bits per heavy atom. The van der Waals surface area contributed by atoms with Crippen LogP contribution in [0.5, 0.6) is 0 Å². The lowest BCUT2D eigenvalue weighted by Crippen LogP contribution is -2.32. The number of fused-ring (bicyclic) bond motifs is 1. The highest BCUT2D eigenvalue weighted by Gasteiger charge is 2.16. The van der Waals surface area contributed by atoms with Crippen molar-refractivity contribution in [3.63, 3.8) is 0 Å². The summed E-state index contributed by atoms with van der Waals surface area (Å²) in [4.78, 5) is 7.13. The number of rotatable bonds is 4. The molecule has 0 aliphatic carbocycles. The van der Waals surface area contributed by atoms with Gasteiger partial charge in [0, 0.05) is 38.6 Å². The molecule has 1 saturated heterocycles. The van der Waals surface area contributed by atoms with Crippen LogP contribution in [0.25, 0.3) is 11.5 Å². The lowest BCUT2D eigenvalue weighted by Gasteiger charge is -2.26. The molecule has 0 spiro atoms. The van der Waals surface area contributed by atoms with Crippen molar-refractivity contribution in [2.75, 3.05) is 26.2 Å². The molecule has 0 saturated carbocycles. The topological polar surface area (TPSA) is 50.9 Å². The van der Waals surface area contributed by atoms with E-state index in [4.69, 9.17) is 5.10 Å². The van der Waals surface area contributed by atoms with Gasteiger partial charge in [0.05, 0.1) is 5.69 Å². The number of aryl methyl sites for hydroxylation is 1. The second-order valence-corrected chi connectivity index (χ2v) is 6.62. The van der Waals surface area contributed by atoms with Gasteiger partial charge in [-0.2, -0.15) is 5.10 Å². The molecular weight excluding hydrogens is 288 g/mol. The number of hydrogen-bond donors (Lipinski definition) is 1. The molecule has 4 heterocycles. The first-order valence-electron chi connectivity index (χ1n) is 8.91. The van der Waals surface area contributed by atoms with Crippen LogP contribution in [0.3, 0.4) is 0 Å². The number of piperidine rings is 1. The van der Waals surface area contributed by atoms with Crippen LogP contribution in [0, 0.1) is 0 Å². The molecule has 0 unspecified atom stereocenters. The lowest BCUT2D eigenvalue weighted by atomic mass is 10.1. The normalized spacial score (nSPS) is 19.5. The van der Waals surface area contributed by atoms with Crippen LogP contribution < -0.4 is 5.32 Å². The predicted molar refractivity (Wildman–Crippen MR) is 90.1 cm³/mol. The van der Waals surface area contributed by atoms with Crippen molar-refractivity contribution in [2.24, 2.45) is 0 Å². The summed E-state index contributed by atoms with van der Waals surface area (Å²) < 4.78 is 4.39. The van der Waals surface area contributed by atoms with Crippen LogP contribution in [0.1, 0.15) is 31.4 Å². The maximum atomic E-state index is 4.79. The van der Waals surface area contributed by atoms with E-state index in [9.17, 15) is 0 Å². The van der Waals surface area contributed by atoms with Gasteiger partial charge >= 0.3 is 0 Å². The summed E-state index contributed by atoms with van der Waals surface area (Å²) in [5.41, 5.74) is 2.27. The van der Waals surface area contributed by atoms with E-state index in [0.717, 1.165) is 50.7 Å². The lowest BCUT2D eigenvalue weighted by molar-refractivity contribution is 0.221. The van der Waals surface area contributed by atoms with Crippen LogP contribution in [-0.2, 0) is 19.6 Å². The molecule has 1 N–H and O–H groups in total. The maximum Gasteiger partial charge on any atom is 0.160 e. The summed E-state index contributed by atoms with van der Waals surface area (Å²) in [6, 6.07) is 2.19. The van der Waals surface area contributed by atoms with E-state index < -0.39 is 0 Å². The molecule has 23 heavy (non-hydrogen) atoms. The smallest absolute Gasteiger partial charge is 0.160 e. The molecule has 2 aromatic rings. The van der Waals surface area contributed by atoms with Gasteiger partial charge < -0.3 is 14.8 Å². The van der Waals surface area contributed by atoms with E-state index in [1.165, 1.54) is 38.0 Å². The van der Waals surface area contributed by atoms with Crippen LogP contribution in [0.4, 0.5) is 0 Å². The minimum atomic E-state index is 0.904. The highest BCUT2D eigenvalue weighted by molar-refractivity contribution is 5.50. The first-order chi connectivity index (χ1) is 11.4. The summed E-state index contributed by atoms with van der Waals surface area (Å²) in [5, 5.41) is 8.24. The second-order valence-electron chi connectivity index (χ2n) is 6.62. The van der Waals surface area contributed by atoms with Gasteiger partial charge in [0.1, 0.15) is 5.69 Å². The number of nitrogens with zero attached hydrogens (tertiary/aromatic N) is 5. The number of nitrogens with one attached hydrogen (secondary N) is 1. The fourth-order valence-corrected chi connectivity index (χ4v) is 3.63. The van der Waals surface area contributed by atoms with E-state index in [1.54, 1.807) is 0 Å². The van der Waals surface area contributed by atoms with Crippen LogP contribution in [0.15, 0.2) is 18.5 Å². The molecule has 1 fully saturated rings. The SMILES string of the molecule is c1cn(CCN2CCCCC2)c(-c2cc3n(n2)CCCNC3)n1. The third-order valence-corrected chi connectivity index (χ3v) is 4.94. The average Bonchev–Trinajstić information content (AvgIpc) is 3.15. The highest BCUT2D eigenvalue weighted by Crippen LogP contribution is 2.19. The molecule has 0 radical (unpaired) electrons. The van der Waals surface area contributed by atoms with Gasteiger partial charge in [-0.1, -0.05) is 6.42 Å². The van der Waals surface area contributed by atoms with Gasteiger partial charge in [0.15, 0.2) is 5.82 Å². The van der Waals surface area contributed by atoms with Gasteiger partial charge in [-0.05, 0) is 45.0 Å². The summed E-state index contributed by atoms with van der Waals surface area (Å²) >= 11 is 0. The fraction of sp³-hybridized carbons (Fsp3) is 0.647. The summed E-state index contributed by atoms with van der Waals surface area (Å²) in [5.74, 6) is 1.00. The molecule has 4 rings (SSSR count). The molecular formula is C17H26N6. The first kappa shape index (κ1) is 14.9. The van der Waals surface area contributed by atoms with Crippen molar-refractivity contribution >= 4 is 0 Å². The molecule has 2 aliphatic heterocycles. The number of likely N-dealkylation sites (tertiary alicyclic amines) is 1. The molecule has 0 amide bonds. The zero-order chi connectivity index (χ0) is 15.5. The highest BCUT2D eigenvalue weighted by atomic mass is 15.3. The van der Waals surface area contributed by atoms with Crippen molar-refractivity contribution in [2.45, 2.75) is 45.3 Å². The fourth-order valence-electron chi connectivity index (χ4n) is 3.63. The Hall–Kier alpha value is -1.66. The van der Waals surface area contributed by atoms with Gasteiger partial charge in [0.2, 0.25) is 0 Å². The predicted octanol–water partition coefficient (Wildman–Crippen LogP) is 1.73. The van der Waals surface area contributed by atoms with Crippen molar-refractivity contribution in [1.29, 1.82) is 0 Å². The molecule has 124 valence electrons. The number of hydrogen-bond acceptors (Lipinski definition) is 4. The van der Waals surface area contributed by atoms with Crippen molar-refractivity contribution in [3.05, 3.63) is 24.2 Å². The van der Waals surface area contributed by atoms with E-state index in [1.807, 2.05) is 6.20 Å². The molecule has 0 atom stereocenters. The minimum absolute atomic E-state index is 0.904. The zero-order valence-electron chi connectivity index (χ0n) is 13.7. The van der Waals surface area contributed by atoms with Crippen LogP contribution >= 0.6 is 0 Å². The summed E-state index contributed by atoms with van der Waals surface area (Å²) in [6.07, 6.45) is 9.20. The minimum Gasteiger partial charge on any atom is -0.328 e. The third kappa shape index (κ3) is 3.33. The Balaban J connectivity index is 1.48. The van der Waals surface area contributed by atoms with Crippen molar-refractivity contribution in [3.8, 4) is 11.5 Å². The molecule has 6 nitrogen and oxygen atoms in total. The van der Waals surface area contributed by atoms with E-state index in [0.29, 0.717) is 0 Å². The largest absolute Gasteiger partial charge is 0.328 e. The second kappa shape index (κ2) is 6.84. The van der Waals surface area contributed by atoms with Crippen molar-refractivity contribution in [1.82, 2.24) is 29.5 Å². The summed E-state index contributed by atoms with van der Waals surface area (Å²) in [6.45, 7) is 7.57. The Bertz CT molecular complexity index is 614. The Morgan fingerprint density at radius 3 is 2.87 bits per heavy atom. The van der Waals surface area contributed by atoms with Crippen molar-refractivity contribution < 1.29 is 0 Å². The van der Waals surface area contributed by atoms with Crippen LogP contribution in [0.2, 0.25) is 0 Å². The standard InChI is InChI=1S/C17H26N6/c1-2-7-21(8-3-1)11-12-22-10-6-19-17(22)16-13-15-14-18-5-4-9-23(15)20-16/h6,10,13,18H,1-5,7-9,11-12,14H2. The molecule has 2 aromatic heterocycles. The van der Waals surface area contributed by atoms with E-state index in [-0.39, 0.29) is 0 Å². The zero-order valence-corrected chi connectivity index (χ0v) is 13.7. The van der Waals surface area contributed by atoms with Gasteiger partial charge in [-0.3, -0.25) is 4.68 Å². The van der Waals surface area contributed by atoms with Gasteiger partial charge in [-0.15, -0.1) is 0 Å². The quantitative estimate of drug-likeness (QED) is 0.934. The molecule has 6 heteroatoms. The number of imidazole rings is 1. The molecule has 0 bridgehead atoms. The Morgan fingerprint density at radius 2 is 1.96 bits per heavy atom. The van der Waals surface area contributed by atoms with Gasteiger partial charge in [-0.25, -0.2) is 4.98 Å². The monoisotopic (exact) mass is 314 g/mol. The maximum absolute atomic E-state index is 4.79. The summed E-state index contributed by atoms with van der Waals surface area (Å²) in [7, 11) is 0. The Labute approximate surface area is 137 Å². The Kier molecular flexibility index (Phi) is 4.43. The van der Waals surface area contributed by atoms with E-state index >= 15 is 0 Å². The van der Waals surface area contributed by atoms with Gasteiger partial charge in [0.25, 0.3) is 0 Å². The third-order valence-electron chi connectivity index (χ3n) is 4.94. The van der Waals surface area contributed by atoms with E-state index in [2.05, 4.69) is 36.7 Å².